The molecular formula is C17H20ClFN2. The molecule has 2 N–H and O–H groups in total. The average molecular weight is 307 g/mol. The summed E-state index contributed by atoms with van der Waals surface area (Å²) in [5.41, 5.74) is 8.88. The van der Waals surface area contributed by atoms with Crippen LogP contribution in [-0.4, -0.2) is 18.5 Å². The van der Waals surface area contributed by atoms with Gasteiger partial charge in [-0.2, -0.15) is 0 Å². The lowest BCUT2D eigenvalue weighted by Gasteiger charge is -2.28. The zero-order chi connectivity index (χ0) is 15.4. The van der Waals surface area contributed by atoms with Gasteiger partial charge in [0.25, 0.3) is 0 Å². The van der Waals surface area contributed by atoms with E-state index in [9.17, 15) is 4.39 Å². The van der Waals surface area contributed by atoms with Crippen molar-refractivity contribution in [2.75, 3.05) is 13.6 Å². The third-order valence-corrected chi connectivity index (χ3v) is 3.99. The molecule has 112 valence electrons. The van der Waals surface area contributed by atoms with Crippen LogP contribution in [0.4, 0.5) is 4.39 Å². The van der Waals surface area contributed by atoms with Crippen LogP contribution in [-0.2, 0) is 6.54 Å². The van der Waals surface area contributed by atoms with Gasteiger partial charge in [-0.15, -0.1) is 0 Å². The molecule has 0 spiro atoms. The Labute approximate surface area is 130 Å². The molecule has 0 aliphatic heterocycles. The first-order valence-electron chi connectivity index (χ1n) is 6.92. The van der Waals surface area contributed by atoms with Crippen LogP contribution in [0, 0.1) is 12.7 Å². The summed E-state index contributed by atoms with van der Waals surface area (Å²) in [4.78, 5) is 2.06. The molecule has 0 heterocycles. The number of likely N-dealkylation sites (N-methyl/N-ethyl adjacent to an activating group) is 1. The molecule has 0 amide bonds. The lowest BCUT2D eigenvalue weighted by Crippen LogP contribution is -2.31. The van der Waals surface area contributed by atoms with Crippen LogP contribution in [0.15, 0.2) is 42.5 Å². The summed E-state index contributed by atoms with van der Waals surface area (Å²) >= 11 is 5.81. The molecule has 2 aromatic carbocycles. The zero-order valence-corrected chi connectivity index (χ0v) is 13.1. The first-order chi connectivity index (χ1) is 10.0. The number of rotatable bonds is 5. The molecule has 0 aromatic heterocycles. The number of hydrogen-bond donors (Lipinski definition) is 1. The maximum atomic E-state index is 14.1. The van der Waals surface area contributed by atoms with E-state index in [0.717, 1.165) is 6.54 Å². The summed E-state index contributed by atoms with van der Waals surface area (Å²) in [5, 5.41) is 0.397. The predicted molar refractivity (Wildman–Crippen MR) is 85.9 cm³/mol. The topological polar surface area (TPSA) is 29.3 Å². The molecule has 2 rings (SSSR count). The highest BCUT2D eigenvalue weighted by molar-refractivity contribution is 6.30. The minimum atomic E-state index is -0.311. The summed E-state index contributed by atoms with van der Waals surface area (Å²) in [6.45, 7) is 3.14. The second-order valence-electron chi connectivity index (χ2n) is 5.26. The molecule has 2 aromatic rings. The van der Waals surface area contributed by atoms with Gasteiger partial charge in [0.05, 0.1) is 0 Å². The SMILES string of the molecule is Cc1ccccc1CN(C)C(CN)c1ccc(Cl)cc1F. The summed E-state index contributed by atoms with van der Waals surface area (Å²) < 4.78 is 14.1. The third kappa shape index (κ3) is 3.82. The van der Waals surface area contributed by atoms with Gasteiger partial charge in [-0.25, -0.2) is 4.39 Å². The van der Waals surface area contributed by atoms with Crippen molar-refractivity contribution in [1.82, 2.24) is 4.90 Å². The average Bonchev–Trinajstić information content (AvgIpc) is 2.44. The van der Waals surface area contributed by atoms with E-state index in [2.05, 4.69) is 24.0 Å². The Morgan fingerprint density at radius 3 is 2.57 bits per heavy atom. The minimum Gasteiger partial charge on any atom is -0.329 e. The van der Waals surface area contributed by atoms with Crippen molar-refractivity contribution < 1.29 is 4.39 Å². The largest absolute Gasteiger partial charge is 0.329 e. The lowest BCUT2D eigenvalue weighted by atomic mass is 10.0. The standard InChI is InChI=1S/C17H20ClFN2/c1-12-5-3-4-6-13(12)11-21(2)17(10-20)15-8-7-14(18)9-16(15)19/h3-9,17H,10-11,20H2,1-2H3. The van der Waals surface area contributed by atoms with Crippen LogP contribution >= 0.6 is 11.6 Å². The highest BCUT2D eigenvalue weighted by Crippen LogP contribution is 2.25. The molecule has 0 aliphatic rings. The Bertz CT molecular complexity index is 615. The fraction of sp³-hybridized carbons (Fsp3) is 0.294. The molecule has 0 bridgehead atoms. The van der Waals surface area contributed by atoms with Gasteiger partial charge in [0, 0.05) is 29.7 Å². The fourth-order valence-corrected chi connectivity index (χ4v) is 2.64. The van der Waals surface area contributed by atoms with Crippen LogP contribution in [0.1, 0.15) is 22.7 Å². The first kappa shape index (κ1) is 16.0. The third-order valence-electron chi connectivity index (χ3n) is 3.76. The molecule has 0 radical (unpaired) electrons. The Kier molecular flexibility index (Phi) is 5.34. The van der Waals surface area contributed by atoms with E-state index in [1.807, 2.05) is 19.2 Å². The molecule has 0 aliphatic carbocycles. The van der Waals surface area contributed by atoms with Crippen LogP contribution < -0.4 is 5.73 Å². The number of hydrogen-bond acceptors (Lipinski definition) is 2. The van der Waals surface area contributed by atoms with E-state index in [1.54, 1.807) is 12.1 Å². The van der Waals surface area contributed by atoms with Gasteiger partial charge in [0.2, 0.25) is 0 Å². The van der Waals surface area contributed by atoms with Crippen molar-refractivity contribution in [1.29, 1.82) is 0 Å². The van der Waals surface area contributed by atoms with E-state index in [4.69, 9.17) is 17.3 Å². The minimum absolute atomic E-state index is 0.179. The van der Waals surface area contributed by atoms with Crippen molar-refractivity contribution in [3.63, 3.8) is 0 Å². The van der Waals surface area contributed by atoms with Gasteiger partial charge >= 0.3 is 0 Å². The van der Waals surface area contributed by atoms with Gasteiger partial charge in [0.1, 0.15) is 5.82 Å². The molecule has 0 saturated carbocycles. The molecule has 21 heavy (non-hydrogen) atoms. The van der Waals surface area contributed by atoms with Crippen molar-refractivity contribution in [2.45, 2.75) is 19.5 Å². The smallest absolute Gasteiger partial charge is 0.129 e. The van der Waals surface area contributed by atoms with Crippen molar-refractivity contribution >= 4 is 11.6 Å². The van der Waals surface area contributed by atoms with Crippen molar-refractivity contribution in [3.05, 3.63) is 70.0 Å². The summed E-state index contributed by atoms with van der Waals surface area (Å²) in [6, 6.07) is 12.7. The summed E-state index contributed by atoms with van der Waals surface area (Å²) in [6.07, 6.45) is 0. The van der Waals surface area contributed by atoms with E-state index in [-0.39, 0.29) is 11.9 Å². The lowest BCUT2D eigenvalue weighted by molar-refractivity contribution is 0.236. The second-order valence-corrected chi connectivity index (χ2v) is 5.70. The van der Waals surface area contributed by atoms with Crippen LogP contribution in [0.2, 0.25) is 5.02 Å². The molecule has 1 atom stereocenters. The van der Waals surface area contributed by atoms with Gasteiger partial charge < -0.3 is 5.73 Å². The number of nitrogens with zero attached hydrogens (tertiary/aromatic N) is 1. The van der Waals surface area contributed by atoms with Gasteiger partial charge in [-0.1, -0.05) is 41.9 Å². The highest BCUT2D eigenvalue weighted by Gasteiger charge is 2.19. The summed E-state index contributed by atoms with van der Waals surface area (Å²) in [5.74, 6) is -0.311. The van der Waals surface area contributed by atoms with E-state index >= 15 is 0 Å². The Balaban J connectivity index is 2.22. The van der Waals surface area contributed by atoms with Gasteiger partial charge in [-0.05, 0) is 37.2 Å². The Morgan fingerprint density at radius 2 is 1.95 bits per heavy atom. The Morgan fingerprint density at radius 1 is 1.24 bits per heavy atom. The maximum Gasteiger partial charge on any atom is 0.129 e. The van der Waals surface area contributed by atoms with E-state index in [1.165, 1.54) is 17.2 Å². The maximum absolute atomic E-state index is 14.1. The second kappa shape index (κ2) is 7.03. The number of nitrogens with two attached hydrogens (primary N) is 1. The van der Waals surface area contributed by atoms with Crippen molar-refractivity contribution in [3.8, 4) is 0 Å². The van der Waals surface area contributed by atoms with Crippen LogP contribution in [0.3, 0.4) is 0 Å². The Hall–Kier alpha value is -1.42. The quantitative estimate of drug-likeness (QED) is 0.907. The van der Waals surface area contributed by atoms with Gasteiger partial charge in [-0.3, -0.25) is 4.90 Å². The molecular weight excluding hydrogens is 287 g/mol. The fourth-order valence-electron chi connectivity index (χ4n) is 2.48. The summed E-state index contributed by atoms with van der Waals surface area (Å²) in [7, 11) is 1.96. The number of benzene rings is 2. The normalized spacial score (nSPS) is 12.7. The molecule has 0 fully saturated rings. The monoisotopic (exact) mass is 306 g/mol. The van der Waals surface area contributed by atoms with Gasteiger partial charge in [0.15, 0.2) is 0 Å². The molecule has 1 unspecified atom stereocenters. The number of aryl methyl sites for hydroxylation is 1. The first-order valence-corrected chi connectivity index (χ1v) is 7.30. The van der Waals surface area contributed by atoms with Crippen LogP contribution in [0.5, 0.6) is 0 Å². The van der Waals surface area contributed by atoms with E-state index < -0.39 is 0 Å². The highest BCUT2D eigenvalue weighted by atomic mass is 35.5. The molecule has 2 nitrogen and oxygen atoms in total. The number of halogens is 2. The molecule has 0 saturated heterocycles. The predicted octanol–water partition coefficient (Wildman–Crippen LogP) is 3.92. The van der Waals surface area contributed by atoms with Crippen LogP contribution in [0.25, 0.3) is 0 Å². The zero-order valence-electron chi connectivity index (χ0n) is 12.3. The molecule has 4 heteroatoms. The van der Waals surface area contributed by atoms with E-state index in [0.29, 0.717) is 17.1 Å². The van der Waals surface area contributed by atoms with Crippen molar-refractivity contribution in [2.24, 2.45) is 5.73 Å².